The quantitative estimate of drug-likeness (QED) is 0.846. The van der Waals surface area contributed by atoms with E-state index in [4.69, 9.17) is 0 Å². The maximum atomic E-state index is 11.8. The predicted octanol–water partition coefficient (Wildman–Crippen LogP) is 2.16. The lowest BCUT2D eigenvalue weighted by molar-refractivity contribution is 0.0948. The number of hydrogen-bond acceptors (Lipinski definition) is 5. The van der Waals surface area contributed by atoms with Crippen molar-refractivity contribution in [2.75, 3.05) is 6.54 Å². The lowest BCUT2D eigenvalue weighted by Gasteiger charge is -2.04. The highest BCUT2D eigenvalue weighted by Gasteiger charge is 2.08. The summed E-state index contributed by atoms with van der Waals surface area (Å²) in [5.74, 6) is -0.154. The summed E-state index contributed by atoms with van der Waals surface area (Å²) in [5.41, 5.74) is 0.411. The van der Waals surface area contributed by atoms with E-state index >= 15 is 0 Å². The van der Waals surface area contributed by atoms with Gasteiger partial charge in [0.05, 0.1) is 0 Å². The van der Waals surface area contributed by atoms with Gasteiger partial charge < -0.3 is 5.32 Å². The lowest BCUT2D eigenvalue weighted by atomic mass is 10.3. The largest absolute Gasteiger partial charge is 0.351 e. The fourth-order valence-corrected chi connectivity index (χ4v) is 2.11. The number of nitrogens with one attached hydrogen (secondary N) is 1. The van der Waals surface area contributed by atoms with Gasteiger partial charge in [-0.1, -0.05) is 6.92 Å². The van der Waals surface area contributed by atoms with Crippen LogP contribution < -0.4 is 5.32 Å². The molecule has 0 saturated heterocycles. The standard InChI is InChI=1S/C13H14N4OS/c1-2-5-15-12(18)11-9-10(4-8-14-11)19-13-16-6-3-7-17-13/h3-4,6-9H,2,5H2,1H3,(H,15,18). The molecule has 0 aliphatic rings. The van der Waals surface area contributed by atoms with Gasteiger partial charge in [0, 0.05) is 30.0 Å². The van der Waals surface area contributed by atoms with E-state index in [2.05, 4.69) is 20.3 Å². The van der Waals surface area contributed by atoms with Crippen LogP contribution in [0.4, 0.5) is 0 Å². The average molecular weight is 274 g/mol. The number of nitrogens with zero attached hydrogens (tertiary/aromatic N) is 3. The molecule has 0 aromatic carbocycles. The molecule has 98 valence electrons. The van der Waals surface area contributed by atoms with Crippen molar-refractivity contribution in [3.63, 3.8) is 0 Å². The molecule has 0 aliphatic carbocycles. The molecule has 0 bridgehead atoms. The second-order valence-electron chi connectivity index (χ2n) is 3.77. The number of pyridine rings is 1. The van der Waals surface area contributed by atoms with Crippen molar-refractivity contribution in [3.8, 4) is 0 Å². The highest BCUT2D eigenvalue weighted by molar-refractivity contribution is 7.99. The fourth-order valence-electron chi connectivity index (χ4n) is 1.37. The molecule has 0 aliphatic heterocycles. The number of hydrogen-bond donors (Lipinski definition) is 1. The summed E-state index contributed by atoms with van der Waals surface area (Å²) in [6, 6.07) is 5.34. The molecule has 2 aromatic rings. The second-order valence-corrected chi connectivity index (χ2v) is 4.81. The van der Waals surface area contributed by atoms with Gasteiger partial charge in [-0.3, -0.25) is 9.78 Å². The summed E-state index contributed by atoms with van der Waals surface area (Å²) in [7, 11) is 0. The van der Waals surface area contributed by atoms with E-state index in [9.17, 15) is 4.79 Å². The summed E-state index contributed by atoms with van der Waals surface area (Å²) in [6.45, 7) is 2.66. The van der Waals surface area contributed by atoms with Gasteiger partial charge in [0.2, 0.25) is 0 Å². The third-order valence-corrected chi connectivity index (χ3v) is 3.13. The first kappa shape index (κ1) is 13.5. The third kappa shape index (κ3) is 4.03. The molecule has 0 spiro atoms. The summed E-state index contributed by atoms with van der Waals surface area (Å²) in [5, 5.41) is 3.44. The van der Waals surface area contributed by atoms with Gasteiger partial charge in [-0.25, -0.2) is 9.97 Å². The minimum absolute atomic E-state index is 0.154. The molecule has 2 heterocycles. The molecule has 19 heavy (non-hydrogen) atoms. The van der Waals surface area contributed by atoms with E-state index in [1.807, 2.05) is 13.0 Å². The number of carbonyl (C=O) groups is 1. The van der Waals surface area contributed by atoms with Crippen LogP contribution in [0, 0.1) is 0 Å². The third-order valence-electron chi connectivity index (χ3n) is 2.25. The highest BCUT2D eigenvalue weighted by Crippen LogP contribution is 2.23. The number of aromatic nitrogens is 3. The first-order chi connectivity index (χ1) is 9.29. The summed E-state index contributed by atoms with van der Waals surface area (Å²) in [6.07, 6.45) is 5.89. The molecule has 0 saturated carbocycles. The number of carbonyl (C=O) groups excluding carboxylic acids is 1. The Kier molecular flexibility index (Phi) is 4.85. The van der Waals surface area contributed by atoms with Gasteiger partial charge in [0.25, 0.3) is 5.91 Å². The van der Waals surface area contributed by atoms with Crippen molar-refractivity contribution in [3.05, 3.63) is 42.5 Å². The Labute approximate surface area is 115 Å². The summed E-state index contributed by atoms with van der Waals surface area (Å²) >= 11 is 1.40. The Bertz CT molecular complexity index is 547. The van der Waals surface area contributed by atoms with Crippen LogP contribution in [0.5, 0.6) is 0 Å². The molecular weight excluding hydrogens is 260 g/mol. The Morgan fingerprint density at radius 1 is 1.26 bits per heavy atom. The zero-order valence-corrected chi connectivity index (χ0v) is 11.4. The minimum atomic E-state index is -0.154. The molecule has 2 rings (SSSR count). The fraction of sp³-hybridized carbons (Fsp3) is 0.231. The van der Waals surface area contributed by atoms with E-state index in [0.29, 0.717) is 17.4 Å². The van der Waals surface area contributed by atoms with Crippen molar-refractivity contribution < 1.29 is 4.79 Å². The topological polar surface area (TPSA) is 67.8 Å². The van der Waals surface area contributed by atoms with Gasteiger partial charge in [0.1, 0.15) is 5.69 Å². The SMILES string of the molecule is CCCNC(=O)c1cc(Sc2ncccn2)ccn1. The average Bonchev–Trinajstić information content (AvgIpc) is 2.46. The molecule has 6 heteroatoms. The zero-order valence-electron chi connectivity index (χ0n) is 10.5. The number of amides is 1. The van der Waals surface area contributed by atoms with Crippen LogP contribution >= 0.6 is 11.8 Å². The molecule has 5 nitrogen and oxygen atoms in total. The molecular formula is C13H14N4OS. The summed E-state index contributed by atoms with van der Waals surface area (Å²) < 4.78 is 0. The van der Waals surface area contributed by atoms with Crippen LogP contribution in [0.15, 0.2) is 46.8 Å². The first-order valence-corrected chi connectivity index (χ1v) is 6.80. The van der Waals surface area contributed by atoms with E-state index < -0.39 is 0 Å². The Morgan fingerprint density at radius 3 is 2.79 bits per heavy atom. The monoisotopic (exact) mass is 274 g/mol. The van der Waals surface area contributed by atoms with E-state index in [1.165, 1.54) is 11.8 Å². The van der Waals surface area contributed by atoms with Crippen LogP contribution in [0.2, 0.25) is 0 Å². The molecule has 0 radical (unpaired) electrons. The van der Waals surface area contributed by atoms with Crippen molar-refractivity contribution >= 4 is 17.7 Å². The van der Waals surface area contributed by atoms with Gasteiger partial charge in [-0.2, -0.15) is 0 Å². The Morgan fingerprint density at radius 2 is 2.05 bits per heavy atom. The van der Waals surface area contributed by atoms with E-state index in [1.54, 1.807) is 30.7 Å². The van der Waals surface area contributed by atoms with Crippen molar-refractivity contribution in [2.45, 2.75) is 23.4 Å². The molecule has 1 amide bonds. The van der Waals surface area contributed by atoms with Gasteiger partial charge in [-0.15, -0.1) is 0 Å². The Balaban J connectivity index is 2.09. The van der Waals surface area contributed by atoms with Crippen molar-refractivity contribution in [1.82, 2.24) is 20.3 Å². The zero-order chi connectivity index (χ0) is 13.5. The minimum Gasteiger partial charge on any atom is -0.351 e. The van der Waals surface area contributed by atoms with E-state index in [-0.39, 0.29) is 5.91 Å². The molecule has 0 atom stereocenters. The maximum absolute atomic E-state index is 11.8. The normalized spacial score (nSPS) is 10.2. The molecule has 2 aromatic heterocycles. The molecule has 0 unspecified atom stereocenters. The molecule has 0 fully saturated rings. The maximum Gasteiger partial charge on any atom is 0.269 e. The summed E-state index contributed by atoms with van der Waals surface area (Å²) in [4.78, 5) is 25.0. The number of rotatable bonds is 5. The predicted molar refractivity (Wildman–Crippen MR) is 73.0 cm³/mol. The smallest absolute Gasteiger partial charge is 0.269 e. The van der Waals surface area contributed by atoms with Crippen LogP contribution in [-0.4, -0.2) is 27.4 Å². The van der Waals surface area contributed by atoms with Gasteiger partial charge in [0.15, 0.2) is 5.16 Å². The Hall–Kier alpha value is -1.95. The first-order valence-electron chi connectivity index (χ1n) is 5.98. The van der Waals surface area contributed by atoms with Crippen molar-refractivity contribution in [1.29, 1.82) is 0 Å². The van der Waals surface area contributed by atoms with Gasteiger partial charge >= 0.3 is 0 Å². The van der Waals surface area contributed by atoms with Crippen LogP contribution in [0.25, 0.3) is 0 Å². The van der Waals surface area contributed by atoms with Crippen molar-refractivity contribution in [2.24, 2.45) is 0 Å². The highest BCUT2D eigenvalue weighted by atomic mass is 32.2. The second kappa shape index (κ2) is 6.84. The van der Waals surface area contributed by atoms with Crippen LogP contribution in [0.3, 0.4) is 0 Å². The van der Waals surface area contributed by atoms with E-state index in [0.717, 1.165) is 11.3 Å². The van der Waals surface area contributed by atoms with Gasteiger partial charge in [-0.05, 0) is 36.4 Å². The van der Waals surface area contributed by atoms with Crippen LogP contribution in [-0.2, 0) is 0 Å². The molecule has 1 N–H and O–H groups in total. The lowest BCUT2D eigenvalue weighted by Crippen LogP contribution is -2.24. The van der Waals surface area contributed by atoms with Crippen LogP contribution in [0.1, 0.15) is 23.8 Å².